The van der Waals surface area contributed by atoms with Gasteiger partial charge in [-0.05, 0) is 44.8 Å². The number of ether oxygens (including phenoxy) is 1. The van der Waals surface area contributed by atoms with Crippen molar-refractivity contribution >= 4 is 49.2 Å². The van der Waals surface area contributed by atoms with Crippen molar-refractivity contribution in [2.45, 2.75) is 13.1 Å². The Morgan fingerprint density at radius 2 is 2.14 bits per heavy atom. The van der Waals surface area contributed by atoms with Crippen LogP contribution in [0.15, 0.2) is 18.1 Å². The van der Waals surface area contributed by atoms with Crippen LogP contribution in [0, 0.1) is 0 Å². The van der Waals surface area contributed by atoms with E-state index in [1.54, 1.807) is 0 Å². The first-order chi connectivity index (χ1) is 9.74. The number of halogens is 5. The van der Waals surface area contributed by atoms with Crippen LogP contribution in [0.5, 0.6) is 0 Å². The monoisotopic (exact) mass is 447 g/mol. The predicted octanol–water partition coefficient (Wildman–Crippen LogP) is 5.12. The predicted molar refractivity (Wildman–Crippen MR) is 76.2 cm³/mol. The van der Waals surface area contributed by atoms with Gasteiger partial charge in [0.1, 0.15) is 0 Å². The van der Waals surface area contributed by atoms with Crippen LogP contribution in [-0.2, 0) is 10.9 Å². The lowest BCUT2D eigenvalue weighted by molar-refractivity contribution is -0.141. The molecular formula is C11H6Br2F3NO3S. The van der Waals surface area contributed by atoms with Gasteiger partial charge in [0.2, 0.25) is 11.7 Å². The Balaban J connectivity index is 2.55. The molecule has 0 N–H and O–H groups in total. The van der Waals surface area contributed by atoms with E-state index in [0.29, 0.717) is 13.1 Å². The first-order valence-electron chi connectivity index (χ1n) is 5.44. The molecule has 0 aliphatic rings. The SMILES string of the molecule is CCOC(=O)c1oc(-c2cc(Br)sc2Br)nc1C(F)(F)F. The highest BCUT2D eigenvalue weighted by Gasteiger charge is 2.42. The van der Waals surface area contributed by atoms with Gasteiger partial charge in [0.05, 0.1) is 19.7 Å². The number of nitrogens with zero attached hydrogens (tertiary/aromatic N) is 1. The van der Waals surface area contributed by atoms with Crippen molar-refractivity contribution in [3.05, 3.63) is 25.1 Å². The van der Waals surface area contributed by atoms with E-state index in [4.69, 9.17) is 4.42 Å². The lowest BCUT2D eigenvalue weighted by Crippen LogP contribution is -2.14. The van der Waals surface area contributed by atoms with Crippen molar-refractivity contribution in [1.29, 1.82) is 0 Å². The molecule has 0 bridgehead atoms. The van der Waals surface area contributed by atoms with Gasteiger partial charge in [-0.2, -0.15) is 13.2 Å². The van der Waals surface area contributed by atoms with E-state index >= 15 is 0 Å². The lowest BCUT2D eigenvalue weighted by atomic mass is 10.3. The maximum absolute atomic E-state index is 12.9. The van der Waals surface area contributed by atoms with Gasteiger partial charge in [0.15, 0.2) is 5.69 Å². The Bertz CT molecular complexity index is 681. The molecule has 0 amide bonds. The molecule has 114 valence electrons. The highest BCUT2D eigenvalue weighted by Crippen LogP contribution is 2.41. The zero-order valence-electron chi connectivity index (χ0n) is 10.3. The van der Waals surface area contributed by atoms with Crippen LogP contribution in [-0.4, -0.2) is 17.6 Å². The molecule has 10 heteroatoms. The molecule has 0 atom stereocenters. The maximum atomic E-state index is 12.9. The second-order valence-electron chi connectivity index (χ2n) is 3.65. The Hall–Kier alpha value is -0.870. The van der Waals surface area contributed by atoms with Gasteiger partial charge in [-0.25, -0.2) is 9.78 Å². The Kier molecular flexibility index (Phi) is 4.79. The summed E-state index contributed by atoms with van der Waals surface area (Å²) in [7, 11) is 0. The number of carbonyl (C=O) groups is 1. The number of aromatic nitrogens is 1. The molecule has 0 aliphatic carbocycles. The molecule has 0 aliphatic heterocycles. The second-order valence-corrected chi connectivity index (χ2v) is 7.40. The Labute approximate surface area is 137 Å². The van der Waals surface area contributed by atoms with E-state index in [9.17, 15) is 18.0 Å². The van der Waals surface area contributed by atoms with Crippen molar-refractivity contribution in [1.82, 2.24) is 4.98 Å². The van der Waals surface area contributed by atoms with Crippen LogP contribution >= 0.6 is 43.2 Å². The molecule has 0 fully saturated rings. The third-order valence-corrected chi connectivity index (χ3v) is 4.58. The van der Waals surface area contributed by atoms with E-state index in [-0.39, 0.29) is 12.5 Å². The van der Waals surface area contributed by atoms with Crippen molar-refractivity contribution in [2.75, 3.05) is 6.61 Å². The summed E-state index contributed by atoms with van der Waals surface area (Å²) in [4.78, 5) is 15.0. The van der Waals surface area contributed by atoms with Crippen molar-refractivity contribution in [2.24, 2.45) is 0 Å². The van der Waals surface area contributed by atoms with Crippen LogP contribution in [0.25, 0.3) is 11.5 Å². The van der Waals surface area contributed by atoms with E-state index < -0.39 is 23.6 Å². The lowest BCUT2D eigenvalue weighted by Gasteiger charge is -2.03. The third kappa shape index (κ3) is 3.49. The number of alkyl halides is 3. The summed E-state index contributed by atoms with van der Waals surface area (Å²) in [5.41, 5.74) is -1.09. The number of rotatable bonds is 3. The minimum atomic E-state index is -4.82. The normalized spacial score (nSPS) is 11.7. The molecular weight excluding hydrogens is 443 g/mol. The summed E-state index contributed by atoms with van der Waals surface area (Å²) in [5.74, 6) is -2.46. The minimum absolute atomic E-state index is 0.0696. The molecule has 0 aromatic carbocycles. The number of carbonyl (C=O) groups excluding carboxylic acids is 1. The molecule has 2 aromatic heterocycles. The van der Waals surface area contributed by atoms with Gasteiger partial charge >= 0.3 is 12.1 Å². The molecule has 2 rings (SSSR count). The van der Waals surface area contributed by atoms with E-state index in [1.165, 1.54) is 24.3 Å². The summed E-state index contributed by atoms with van der Waals surface area (Å²) in [6.07, 6.45) is -4.82. The molecule has 4 nitrogen and oxygen atoms in total. The number of hydrogen-bond acceptors (Lipinski definition) is 5. The van der Waals surface area contributed by atoms with Gasteiger partial charge in [0, 0.05) is 0 Å². The van der Waals surface area contributed by atoms with Gasteiger partial charge in [0.25, 0.3) is 0 Å². The molecule has 0 radical (unpaired) electrons. The van der Waals surface area contributed by atoms with Crippen LogP contribution in [0.2, 0.25) is 0 Å². The summed E-state index contributed by atoms with van der Waals surface area (Å²) in [5, 5.41) is 0. The Morgan fingerprint density at radius 1 is 1.48 bits per heavy atom. The molecule has 0 saturated carbocycles. The van der Waals surface area contributed by atoms with Crippen molar-refractivity contribution < 1.29 is 27.1 Å². The second kappa shape index (κ2) is 6.09. The van der Waals surface area contributed by atoms with Crippen LogP contribution < -0.4 is 0 Å². The van der Waals surface area contributed by atoms with Gasteiger partial charge in [-0.1, -0.05) is 0 Å². The quantitative estimate of drug-likeness (QED) is 0.611. The number of hydrogen-bond donors (Lipinski definition) is 0. The smallest absolute Gasteiger partial charge is 0.437 e. The zero-order valence-corrected chi connectivity index (χ0v) is 14.2. The standard InChI is InChI=1S/C11H6Br2F3NO3S/c1-2-19-10(18)6-7(11(14,15)16)17-9(20-6)4-3-5(12)21-8(4)13/h3H,2H2,1H3. The fraction of sp³-hybridized carbons (Fsp3) is 0.273. The van der Waals surface area contributed by atoms with Crippen molar-refractivity contribution in [3.8, 4) is 11.5 Å². The van der Waals surface area contributed by atoms with E-state index in [0.717, 1.165) is 0 Å². The zero-order chi connectivity index (χ0) is 15.8. The van der Waals surface area contributed by atoms with E-state index in [1.807, 2.05) is 0 Å². The molecule has 2 aromatic rings. The van der Waals surface area contributed by atoms with Crippen LogP contribution in [0.3, 0.4) is 0 Å². The number of oxazole rings is 1. The topological polar surface area (TPSA) is 52.3 Å². The average molecular weight is 449 g/mol. The maximum Gasteiger partial charge on any atom is 0.437 e. The van der Waals surface area contributed by atoms with Crippen LogP contribution in [0.4, 0.5) is 13.2 Å². The van der Waals surface area contributed by atoms with E-state index in [2.05, 4.69) is 41.6 Å². The van der Waals surface area contributed by atoms with Gasteiger partial charge in [-0.3, -0.25) is 0 Å². The number of esters is 1. The average Bonchev–Trinajstić information content (AvgIpc) is 2.92. The summed E-state index contributed by atoms with van der Waals surface area (Å²) in [6, 6.07) is 1.54. The third-order valence-electron chi connectivity index (χ3n) is 2.24. The molecule has 0 unspecified atom stereocenters. The van der Waals surface area contributed by atoms with Crippen molar-refractivity contribution in [3.63, 3.8) is 0 Å². The highest BCUT2D eigenvalue weighted by molar-refractivity contribution is 9.12. The highest BCUT2D eigenvalue weighted by atomic mass is 79.9. The largest absolute Gasteiger partial charge is 0.460 e. The first-order valence-corrected chi connectivity index (χ1v) is 7.84. The molecule has 0 saturated heterocycles. The molecule has 21 heavy (non-hydrogen) atoms. The minimum Gasteiger partial charge on any atom is -0.460 e. The molecule has 2 heterocycles. The number of thiophene rings is 1. The fourth-order valence-electron chi connectivity index (χ4n) is 1.45. The molecule has 0 spiro atoms. The van der Waals surface area contributed by atoms with Gasteiger partial charge < -0.3 is 9.15 Å². The fourth-order valence-corrected chi connectivity index (χ4v) is 4.23. The van der Waals surface area contributed by atoms with Gasteiger partial charge in [-0.15, -0.1) is 11.3 Å². The summed E-state index contributed by atoms with van der Waals surface area (Å²) in [6.45, 7) is 1.41. The summed E-state index contributed by atoms with van der Waals surface area (Å²) < 4.78 is 49.6. The Morgan fingerprint density at radius 3 is 2.62 bits per heavy atom. The van der Waals surface area contributed by atoms with Crippen LogP contribution in [0.1, 0.15) is 23.2 Å². The first kappa shape index (κ1) is 16.5. The summed E-state index contributed by atoms with van der Waals surface area (Å²) >= 11 is 7.64.